The molecule has 0 aliphatic carbocycles. The summed E-state index contributed by atoms with van der Waals surface area (Å²) in [4.78, 5) is 17.9. The third-order valence-electron chi connectivity index (χ3n) is 0.167. The fourth-order valence-electron chi connectivity index (χ4n) is 0. The number of carbonyl (C=O) groups excluding carboxylic acids is 2. The van der Waals surface area contributed by atoms with Gasteiger partial charge in [0, 0.05) is 0 Å². The number of rotatable bonds is 0. The second-order valence-electron chi connectivity index (χ2n) is 0.575. The first-order chi connectivity index (χ1) is 2.64. The summed E-state index contributed by atoms with van der Waals surface area (Å²) in [6.07, 6.45) is 0. The Kier molecular flexibility index (Phi) is 14.1. The zero-order valence-corrected chi connectivity index (χ0v) is 6.84. The van der Waals surface area contributed by atoms with Crippen LogP contribution in [0.3, 0.4) is 0 Å². The normalized spacial score (nSPS) is 5.50. The van der Waals surface area contributed by atoms with E-state index in [2.05, 4.69) is 0 Å². The van der Waals surface area contributed by atoms with E-state index in [9.17, 15) is 0 Å². The molecular formula is C2MnNbO4+5. The van der Waals surface area contributed by atoms with Gasteiger partial charge in [-0.3, -0.25) is 0 Å². The Morgan fingerprint density at radius 1 is 1.00 bits per heavy atom. The summed E-state index contributed by atoms with van der Waals surface area (Å²) >= 11 is 0. The van der Waals surface area contributed by atoms with Crippen molar-refractivity contribution in [2.45, 2.75) is 0 Å². The van der Waals surface area contributed by atoms with Gasteiger partial charge in [-0.25, -0.2) is 0 Å². The van der Waals surface area contributed by atoms with Gasteiger partial charge in [0.25, 0.3) is 0 Å². The van der Waals surface area contributed by atoms with Crippen LogP contribution in [-0.4, -0.2) is 11.9 Å². The molecule has 0 saturated heterocycles. The van der Waals surface area contributed by atoms with Crippen molar-refractivity contribution in [2.24, 2.45) is 0 Å². The number of carbonyl (C=O) groups is 2. The molecule has 0 aliphatic rings. The molecule has 0 saturated carbocycles. The fourth-order valence-corrected chi connectivity index (χ4v) is 0. The molecule has 0 unspecified atom stereocenters. The predicted octanol–water partition coefficient (Wildman–Crippen LogP) is -3.52. The second-order valence-corrected chi connectivity index (χ2v) is 0.575. The summed E-state index contributed by atoms with van der Waals surface area (Å²) in [5.74, 6) is -4.37. The zero-order chi connectivity index (χ0) is 5.15. The first-order valence-electron chi connectivity index (χ1n) is 1.07. The van der Waals surface area contributed by atoms with Crippen LogP contribution in [0.15, 0.2) is 0 Å². The van der Waals surface area contributed by atoms with Crippen LogP contribution >= 0.6 is 0 Å². The maximum Gasteiger partial charge on any atom is 5.00 e. The van der Waals surface area contributed by atoms with Crippen LogP contribution in [0.5, 0.6) is 0 Å². The molecule has 0 N–H and O–H groups in total. The van der Waals surface area contributed by atoms with Crippen molar-refractivity contribution in [3.8, 4) is 0 Å². The monoisotopic (exact) mass is 236 g/mol. The molecule has 0 amide bonds. The van der Waals surface area contributed by atoms with E-state index in [4.69, 9.17) is 19.8 Å². The van der Waals surface area contributed by atoms with Gasteiger partial charge in [0.2, 0.25) is 0 Å². The summed E-state index contributed by atoms with van der Waals surface area (Å²) in [6.45, 7) is 0. The molecule has 0 aromatic rings. The minimum absolute atomic E-state index is 0. The van der Waals surface area contributed by atoms with Gasteiger partial charge in [0.15, 0.2) is 0 Å². The molecule has 0 aromatic carbocycles. The SMILES string of the molecule is O=C([O-])C(=O)[O-].[Mn+2].[Nb+5]. The van der Waals surface area contributed by atoms with E-state index >= 15 is 0 Å². The summed E-state index contributed by atoms with van der Waals surface area (Å²) in [7, 11) is 0. The minimum Gasteiger partial charge on any atom is -0.543 e. The Balaban J connectivity index is -0.000000125. The van der Waals surface area contributed by atoms with E-state index in [0.29, 0.717) is 0 Å². The van der Waals surface area contributed by atoms with Crippen LogP contribution < -0.4 is 10.2 Å². The van der Waals surface area contributed by atoms with Gasteiger partial charge in [-0.05, 0) is 0 Å². The Hall–Kier alpha value is 0.200. The first kappa shape index (κ1) is 15.7. The molecule has 0 heterocycles. The molecular weight excluding hydrogens is 236 g/mol. The Morgan fingerprint density at radius 3 is 1.12 bits per heavy atom. The summed E-state index contributed by atoms with van der Waals surface area (Å²) < 4.78 is 0. The van der Waals surface area contributed by atoms with Crippen molar-refractivity contribution in [1.82, 2.24) is 0 Å². The number of aliphatic carboxylic acids is 2. The van der Waals surface area contributed by atoms with Gasteiger partial charge in [-0.2, -0.15) is 0 Å². The average Bonchev–Trinajstić information content (AvgIpc) is 1.36. The molecule has 0 spiro atoms. The number of carboxylic acids is 2. The van der Waals surface area contributed by atoms with Crippen LogP contribution in [0, 0.1) is 0 Å². The first-order valence-corrected chi connectivity index (χ1v) is 1.07. The zero-order valence-electron chi connectivity index (χ0n) is 3.46. The van der Waals surface area contributed by atoms with Gasteiger partial charge in [-0.1, -0.05) is 0 Å². The second kappa shape index (κ2) is 7.20. The number of hydrogen-bond donors (Lipinski definition) is 0. The summed E-state index contributed by atoms with van der Waals surface area (Å²) in [5, 5.41) is 17.9. The summed E-state index contributed by atoms with van der Waals surface area (Å²) in [6, 6.07) is 0. The molecule has 0 bridgehead atoms. The molecule has 8 heavy (non-hydrogen) atoms. The molecule has 0 fully saturated rings. The van der Waals surface area contributed by atoms with Gasteiger partial charge in [-0.15, -0.1) is 0 Å². The molecule has 39 valence electrons. The molecule has 0 rings (SSSR count). The number of hydrogen-bond acceptors (Lipinski definition) is 4. The van der Waals surface area contributed by atoms with Crippen LogP contribution in [0.25, 0.3) is 0 Å². The van der Waals surface area contributed by atoms with E-state index in [0.717, 1.165) is 0 Å². The maximum absolute atomic E-state index is 8.93. The van der Waals surface area contributed by atoms with Crippen molar-refractivity contribution in [2.75, 3.05) is 0 Å². The van der Waals surface area contributed by atoms with Crippen molar-refractivity contribution in [3.63, 3.8) is 0 Å². The topological polar surface area (TPSA) is 80.3 Å². The third kappa shape index (κ3) is 9.50. The molecule has 1 radical (unpaired) electrons. The molecule has 0 aliphatic heterocycles. The van der Waals surface area contributed by atoms with Gasteiger partial charge in [0.05, 0.1) is 11.9 Å². The van der Waals surface area contributed by atoms with E-state index in [-0.39, 0.29) is 39.4 Å². The van der Waals surface area contributed by atoms with E-state index in [1.807, 2.05) is 0 Å². The van der Waals surface area contributed by atoms with Gasteiger partial charge in [0.1, 0.15) is 0 Å². The fraction of sp³-hybridized carbons (Fsp3) is 0. The number of carboxylic acid groups (broad SMARTS) is 2. The van der Waals surface area contributed by atoms with Crippen LogP contribution in [0.4, 0.5) is 0 Å². The van der Waals surface area contributed by atoms with Gasteiger partial charge < -0.3 is 19.8 Å². The largest absolute Gasteiger partial charge is 5.00 e. The smallest absolute Gasteiger partial charge is 0.543 e. The Bertz CT molecular complexity index is 80.0. The standard InChI is InChI=1S/C2H2O4.Mn.Nb/c3-1(4)2(5)6;;/h(H,3,4)(H,5,6);;/q;+2;+5/p-2. The van der Waals surface area contributed by atoms with Gasteiger partial charge >= 0.3 is 39.4 Å². The van der Waals surface area contributed by atoms with Crippen LogP contribution in [-0.2, 0) is 49.0 Å². The Labute approximate surface area is 71.2 Å². The van der Waals surface area contributed by atoms with Crippen LogP contribution in [0.1, 0.15) is 0 Å². The van der Waals surface area contributed by atoms with E-state index < -0.39 is 11.9 Å². The van der Waals surface area contributed by atoms with Crippen LogP contribution in [0.2, 0.25) is 0 Å². The third-order valence-corrected chi connectivity index (χ3v) is 0.167. The van der Waals surface area contributed by atoms with Crippen molar-refractivity contribution >= 4 is 11.9 Å². The predicted molar refractivity (Wildman–Crippen MR) is 10.0 cm³/mol. The average molecular weight is 236 g/mol. The molecule has 0 atom stereocenters. The van der Waals surface area contributed by atoms with Crippen molar-refractivity contribution < 1.29 is 59.3 Å². The quantitative estimate of drug-likeness (QED) is 0.322. The summed E-state index contributed by atoms with van der Waals surface area (Å²) in [5.41, 5.74) is 0. The minimum atomic E-state index is -2.19. The molecule has 4 nitrogen and oxygen atoms in total. The van der Waals surface area contributed by atoms with E-state index in [1.165, 1.54) is 0 Å². The van der Waals surface area contributed by atoms with E-state index in [1.54, 1.807) is 0 Å². The maximum atomic E-state index is 8.93. The molecule has 6 heteroatoms. The van der Waals surface area contributed by atoms with Crippen molar-refractivity contribution in [1.29, 1.82) is 0 Å². The molecule has 0 aromatic heterocycles. The van der Waals surface area contributed by atoms with Crippen molar-refractivity contribution in [3.05, 3.63) is 0 Å². The Morgan fingerprint density at radius 2 is 1.12 bits per heavy atom.